The number of benzene rings is 1. The lowest BCUT2D eigenvalue weighted by molar-refractivity contribution is -0.274. The summed E-state index contributed by atoms with van der Waals surface area (Å²) in [7, 11) is 0. The third kappa shape index (κ3) is 3.60. The molecule has 7 heteroatoms. The zero-order chi connectivity index (χ0) is 11.6. The van der Waals surface area contributed by atoms with E-state index in [-0.39, 0.29) is 5.02 Å². The molecule has 0 radical (unpaired) electrons. The van der Waals surface area contributed by atoms with Crippen LogP contribution in [0.2, 0.25) is 5.02 Å². The number of carbonyl (C=O) groups is 1. The Hall–Kier alpha value is -0.940. The molecule has 0 aromatic heterocycles. The van der Waals surface area contributed by atoms with E-state index in [1.807, 2.05) is 0 Å². The van der Waals surface area contributed by atoms with Gasteiger partial charge in [0.2, 0.25) is 0 Å². The fourth-order valence-electron chi connectivity index (χ4n) is 0.868. The van der Waals surface area contributed by atoms with Crippen molar-refractivity contribution in [3.05, 3.63) is 28.8 Å². The largest absolute Gasteiger partial charge is 0.573 e. The van der Waals surface area contributed by atoms with Crippen LogP contribution in [-0.2, 0) is 0 Å². The van der Waals surface area contributed by atoms with E-state index in [0.717, 1.165) is 12.1 Å². The van der Waals surface area contributed by atoms with Crippen molar-refractivity contribution >= 4 is 28.4 Å². The Morgan fingerprint density at radius 3 is 2.40 bits per heavy atom. The lowest BCUT2D eigenvalue weighted by Crippen LogP contribution is -2.18. The summed E-state index contributed by atoms with van der Waals surface area (Å²) in [6, 6.07) is 3.16. The maximum atomic E-state index is 11.9. The van der Waals surface area contributed by atoms with Crippen LogP contribution in [0.15, 0.2) is 18.2 Å². The first-order valence-electron chi connectivity index (χ1n) is 3.55. The fourth-order valence-corrected chi connectivity index (χ4v) is 1.19. The lowest BCUT2D eigenvalue weighted by Gasteiger charge is -2.11. The molecule has 0 saturated carbocycles. The Bertz CT molecular complexity index is 390. The Labute approximate surface area is 92.5 Å². The SMILES string of the molecule is O=C(Cl)c1ccc(Cl)cc1OC(F)(F)F. The van der Waals surface area contributed by atoms with Gasteiger partial charge in [0.05, 0.1) is 5.56 Å². The molecule has 0 heterocycles. The number of halogens is 5. The number of alkyl halides is 3. The first-order valence-corrected chi connectivity index (χ1v) is 4.30. The summed E-state index contributed by atoms with van der Waals surface area (Å²) in [5.41, 5.74) is -0.390. The maximum absolute atomic E-state index is 11.9. The smallest absolute Gasteiger partial charge is 0.405 e. The monoisotopic (exact) mass is 258 g/mol. The second kappa shape index (κ2) is 4.28. The van der Waals surface area contributed by atoms with E-state index in [9.17, 15) is 18.0 Å². The molecule has 0 aliphatic heterocycles. The van der Waals surface area contributed by atoms with E-state index in [1.165, 1.54) is 6.07 Å². The average molecular weight is 259 g/mol. The van der Waals surface area contributed by atoms with Crippen LogP contribution in [0.25, 0.3) is 0 Å². The standard InChI is InChI=1S/C8H3Cl2F3O2/c9-4-1-2-5(7(10)14)6(3-4)15-8(11,12)13/h1-3H. The molecule has 0 amide bonds. The van der Waals surface area contributed by atoms with Crippen LogP contribution in [0.5, 0.6) is 5.75 Å². The number of rotatable bonds is 2. The lowest BCUT2D eigenvalue weighted by atomic mass is 10.2. The highest BCUT2D eigenvalue weighted by Gasteiger charge is 2.32. The van der Waals surface area contributed by atoms with Crippen LogP contribution in [0.4, 0.5) is 13.2 Å². The molecule has 0 aliphatic carbocycles. The van der Waals surface area contributed by atoms with Crippen molar-refractivity contribution in [2.75, 3.05) is 0 Å². The molecular weight excluding hydrogens is 256 g/mol. The molecular formula is C8H3Cl2F3O2. The first-order chi connectivity index (χ1) is 6.79. The fraction of sp³-hybridized carbons (Fsp3) is 0.125. The summed E-state index contributed by atoms with van der Waals surface area (Å²) in [5, 5.41) is -1.04. The van der Waals surface area contributed by atoms with E-state index in [0.29, 0.717) is 0 Å². The zero-order valence-corrected chi connectivity index (χ0v) is 8.45. The Morgan fingerprint density at radius 1 is 1.33 bits per heavy atom. The van der Waals surface area contributed by atoms with Crippen molar-refractivity contribution in [3.8, 4) is 5.75 Å². The first kappa shape index (κ1) is 12.1. The summed E-state index contributed by atoms with van der Waals surface area (Å²) < 4.78 is 39.3. The molecule has 82 valence electrons. The van der Waals surface area contributed by atoms with Gasteiger partial charge >= 0.3 is 6.36 Å². The third-order valence-corrected chi connectivity index (χ3v) is 1.82. The van der Waals surface area contributed by atoms with Crippen LogP contribution in [0, 0.1) is 0 Å². The van der Waals surface area contributed by atoms with Gasteiger partial charge in [-0.2, -0.15) is 0 Å². The van der Waals surface area contributed by atoms with E-state index in [2.05, 4.69) is 4.74 Å². The average Bonchev–Trinajstić information content (AvgIpc) is 1.99. The Balaban J connectivity index is 3.13. The molecule has 0 saturated heterocycles. The van der Waals surface area contributed by atoms with Gasteiger partial charge in [-0.3, -0.25) is 4.79 Å². The van der Waals surface area contributed by atoms with E-state index in [4.69, 9.17) is 23.2 Å². The molecule has 0 atom stereocenters. The normalized spacial score (nSPS) is 11.3. The second-order valence-corrected chi connectivity index (χ2v) is 3.24. The molecule has 0 fully saturated rings. The number of carbonyl (C=O) groups excluding carboxylic acids is 1. The molecule has 0 bridgehead atoms. The van der Waals surface area contributed by atoms with Crippen molar-refractivity contribution in [1.82, 2.24) is 0 Å². The quantitative estimate of drug-likeness (QED) is 0.758. The van der Waals surface area contributed by atoms with E-state index < -0.39 is 22.9 Å². The zero-order valence-electron chi connectivity index (χ0n) is 6.94. The minimum Gasteiger partial charge on any atom is -0.405 e. The van der Waals surface area contributed by atoms with Crippen molar-refractivity contribution < 1.29 is 22.7 Å². The van der Waals surface area contributed by atoms with Gasteiger partial charge in [0.1, 0.15) is 5.75 Å². The molecule has 0 spiro atoms. The van der Waals surface area contributed by atoms with E-state index in [1.54, 1.807) is 0 Å². The summed E-state index contributed by atoms with van der Waals surface area (Å²) in [6.07, 6.45) is -4.90. The maximum Gasteiger partial charge on any atom is 0.573 e. The van der Waals surface area contributed by atoms with Gasteiger partial charge in [-0.25, -0.2) is 0 Å². The van der Waals surface area contributed by atoms with Crippen LogP contribution in [0.3, 0.4) is 0 Å². The summed E-state index contributed by atoms with van der Waals surface area (Å²) >= 11 is 10.5. The Morgan fingerprint density at radius 2 is 1.93 bits per heavy atom. The van der Waals surface area contributed by atoms with Crippen LogP contribution < -0.4 is 4.74 Å². The van der Waals surface area contributed by atoms with Crippen molar-refractivity contribution in [3.63, 3.8) is 0 Å². The molecule has 0 N–H and O–H groups in total. The summed E-state index contributed by atoms with van der Waals surface area (Å²) in [6.45, 7) is 0. The predicted molar refractivity (Wildman–Crippen MR) is 48.3 cm³/mol. The van der Waals surface area contributed by atoms with E-state index >= 15 is 0 Å². The molecule has 1 aromatic rings. The highest BCUT2D eigenvalue weighted by molar-refractivity contribution is 6.68. The topological polar surface area (TPSA) is 26.3 Å². The second-order valence-electron chi connectivity index (χ2n) is 2.46. The van der Waals surface area contributed by atoms with Crippen LogP contribution in [-0.4, -0.2) is 11.6 Å². The van der Waals surface area contributed by atoms with Crippen LogP contribution in [0.1, 0.15) is 10.4 Å². The summed E-state index contributed by atoms with van der Waals surface area (Å²) in [4.78, 5) is 10.7. The van der Waals surface area contributed by atoms with Crippen molar-refractivity contribution in [2.45, 2.75) is 6.36 Å². The molecule has 1 aromatic carbocycles. The molecule has 2 nitrogen and oxygen atoms in total. The molecule has 15 heavy (non-hydrogen) atoms. The number of hydrogen-bond donors (Lipinski definition) is 0. The van der Waals surface area contributed by atoms with Gasteiger partial charge in [0.15, 0.2) is 0 Å². The van der Waals surface area contributed by atoms with Gasteiger partial charge in [-0.1, -0.05) is 11.6 Å². The highest BCUT2D eigenvalue weighted by Crippen LogP contribution is 2.29. The van der Waals surface area contributed by atoms with Gasteiger partial charge in [0.25, 0.3) is 5.24 Å². The van der Waals surface area contributed by atoms with Crippen molar-refractivity contribution in [1.29, 1.82) is 0 Å². The van der Waals surface area contributed by atoms with Gasteiger partial charge < -0.3 is 4.74 Å². The number of ether oxygens (including phenoxy) is 1. The highest BCUT2D eigenvalue weighted by atomic mass is 35.5. The van der Waals surface area contributed by atoms with Crippen molar-refractivity contribution in [2.24, 2.45) is 0 Å². The van der Waals surface area contributed by atoms with Gasteiger partial charge in [-0.15, -0.1) is 13.2 Å². The minimum atomic E-state index is -4.90. The predicted octanol–water partition coefficient (Wildman–Crippen LogP) is 3.62. The minimum absolute atomic E-state index is 0.0101. The van der Waals surface area contributed by atoms with Gasteiger partial charge in [-0.05, 0) is 29.8 Å². The molecule has 0 aliphatic rings. The van der Waals surface area contributed by atoms with Crippen LogP contribution >= 0.6 is 23.2 Å². The third-order valence-electron chi connectivity index (χ3n) is 1.38. The Kier molecular flexibility index (Phi) is 3.46. The molecule has 1 rings (SSSR count). The van der Waals surface area contributed by atoms with Gasteiger partial charge in [0, 0.05) is 5.02 Å². The molecule has 0 unspecified atom stereocenters. The number of hydrogen-bond acceptors (Lipinski definition) is 2. The summed E-state index contributed by atoms with van der Waals surface area (Å²) in [5.74, 6) is -0.713.